The minimum atomic E-state index is 0.249. The van der Waals surface area contributed by atoms with Crippen molar-refractivity contribution in [3.05, 3.63) is 0 Å². The van der Waals surface area contributed by atoms with E-state index in [4.69, 9.17) is 10.00 Å². The highest BCUT2D eigenvalue weighted by atomic mass is 16.5. The van der Waals surface area contributed by atoms with Gasteiger partial charge in [-0.25, -0.2) is 0 Å². The summed E-state index contributed by atoms with van der Waals surface area (Å²) in [5.74, 6) is 1.68. The molecule has 2 rings (SSSR count). The summed E-state index contributed by atoms with van der Waals surface area (Å²) in [7, 11) is 0. The van der Waals surface area contributed by atoms with Crippen molar-refractivity contribution in [1.82, 2.24) is 4.90 Å². The van der Waals surface area contributed by atoms with Crippen molar-refractivity contribution in [2.24, 2.45) is 17.8 Å². The molecule has 0 spiro atoms. The van der Waals surface area contributed by atoms with Crippen LogP contribution in [0.3, 0.4) is 0 Å². The van der Waals surface area contributed by atoms with Crippen LogP contribution in [0, 0.1) is 29.1 Å². The molecular weight excluding hydrogens is 212 g/mol. The molecule has 0 aliphatic carbocycles. The van der Waals surface area contributed by atoms with Gasteiger partial charge in [0.25, 0.3) is 0 Å². The normalized spacial score (nSPS) is 32.2. The van der Waals surface area contributed by atoms with Gasteiger partial charge in [0.1, 0.15) is 0 Å². The minimum Gasteiger partial charge on any atom is -0.381 e. The molecule has 0 radical (unpaired) electrons. The van der Waals surface area contributed by atoms with Crippen LogP contribution in [0.4, 0.5) is 0 Å². The van der Waals surface area contributed by atoms with Crippen molar-refractivity contribution in [2.45, 2.75) is 32.6 Å². The fourth-order valence-corrected chi connectivity index (χ4v) is 2.91. The Kier molecular flexibility index (Phi) is 4.82. The largest absolute Gasteiger partial charge is 0.381 e. The fraction of sp³-hybridized carbons (Fsp3) is 0.929. The zero-order valence-electron chi connectivity index (χ0n) is 10.9. The van der Waals surface area contributed by atoms with E-state index >= 15 is 0 Å². The Hall–Kier alpha value is -0.590. The van der Waals surface area contributed by atoms with Crippen molar-refractivity contribution < 1.29 is 4.74 Å². The Morgan fingerprint density at radius 3 is 2.76 bits per heavy atom. The summed E-state index contributed by atoms with van der Waals surface area (Å²) in [6, 6.07) is 2.46. The summed E-state index contributed by atoms with van der Waals surface area (Å²) >= 11 is 0. The molecule has 0 aromatic carbocycles. The predicted molar refractivity (Wildman–Crippen MR) is 67.5 cm³/mol. The number of nitriles is 1. The molecule has 3 nitrogen and oxygen atoms in total. The van der Waals surface area contributed by atoms with Gasteiger partial charge in [0, 0.05) is 19.8 Å². The molecule has 96 valence electrons. The highest BCUT2D eigenvalue weighted by Gasteiger charge is 2.26. The average Bonchev–Trinajstić information content (AvgIpc) is 2.39. The molecule has 0 aromatic heterocycles. The zero-order valence-corrected chi connectivity index (χ0v) is 10.9. The first-order valence-electron chi connectivity index (χ1n) is 6.99. The Morgan fingerprint density at radius 1 is 1.29 bits per heavy atom. The van der Waals surface area contributed by atoms with E-state index in [2.05, 4.69) is 17.9 Å². The van der Waals surface area contributed by atoms with Crippen LogP contribution in [0.5, 0.6) is 0 Å². The fourth-order valence-electron chi connectivity index (χ4n) is 2.91. The van der Waals surface area contributed by atoms with Gasteiger partial charge in [0.05, 0.1) is 12.0 Å². The van der Waals surface area contributed by atoms with Crippen LogP contribution in [-0.4, -0.2) is 37.7 Å². The summed E-state index contributed by atoms with van der Waals surface area (Å²) in [6.07, 6.45) is 4.93. The van der Waals surface area contributed by atoms with Crippen molar-refractivity contribution >= 4 is 0 Å². The molecule has 0 amide bonds. The zero-order chi connectivity index (χ0) is 12.1. The van der Waals surface area contributed by atoms with Crippen molar-refractivity contribution in [1.29, 1.82) is 5.26 Å². The van der Waals surface area contributed by atoms with Crippen LogP contribution in [-0.2, 0) is 4.74 Å². The minimum absolute atomic E-state index is 0.249. The van der Waals surface area contributed by atoms with Crippen LogP contribution in [0.2, 0.25) is 0 Å². The number of likely N-dealkylation sites (tertiary alicyclic amines) is 1. The first-order valence-corrected chi connectivity index (χ1v) is 6.99. The van der Waals surface area contributed by atoms with E-state index in [1.54, 1.807) is 0 Å². The number of hydrogen-bond acceptors (Lipinski definition) is 3. The van der Waals surface area contributed by atoms with E-state index in [0.717, 1.165) is 25.7 Å². The Labute approximate surface area is 105 Å². The SMILES string of the molecule is CC1CCN(CCC2CCOCC2)CC1C#N. The van der Waals surface area contributed by atoms with E-state index < -0.39 is 0 Å². The summed E-state index contributed by atoms with van der Waals surface area (Å²) in [4.78, 5) is 2.49. The number of nitrogens with zero attached hydrogens (tertiary/aromatic N) is 2. The Bertz CT molecular complexity index is 268. The third-order valence-corrected chi connectivity index (χ3v) is 4.40. The maximum atomic E-state index is 9.10. The third kappa shape index (κ3) is 3.69. The summed E-state index contributed by atoms with van der Waals surface area (Å²) in [5.41, 5.74) is 0. The molecule has 2 heterocycles. The molecule has 2 unspecified atom stereocenters. The van der Waals surface area contributed by atoms with Gasteiger partial charge in [0.2, 0.25) is 0 Å². The molecule has 17 heavy (non-hydrogen) atoms. The van der Waals surface area contributed by atoms with E-state index in [-0.39, 0.29) is 5.92 Å². The first kappa shape index (κ1) is 12.9. The predicted octanol–water partition coefficient (Wildman–Crippen LogP) is 2.28. The first-order chi connectivity index (χ1) is 8.29. The number of ether oxygens (including phenoxy) is 1. The van der Waals surface area contributed by atoms with Gasteiger partial charge in [-0.15, -0.1) is 0 Å². The molecule has 2 aliphatic heterocycles. The lowest BCUT2D eigenvalue weighted by atomic mass is 9.87. The maximum absolute atomic E-state index is 9.10. The molecule has 2 saturated heterocycles. The lowest BCUT2D eigenvalue weighted by Gasteiger charge is -2.34. The molecule has 3 heteroatoms. The maximum Gasteiger partial charge on any atom is 0.0672 e. The van der Waals surface area contributed by atoms with Crippen LogP contribution in [0.15, 0.2) is 0 Å². The topological polar surface area (TPSA) is 36.3 Å². The smallest absolute Gasteiger partial charge is 0.0672 e. The van der Waals surface area contributed by atoms with E-state index in [1.165, 1.54) is 38.8 Å². The highest BCUT2D eigenvalue weighted by molar-refractivity contribution is 4.92. The molecule has 0 aromatic rings. The number of rotatable bonds is 3. The highest BCUT2D eigenvalue weighted by Crippen LogP contribution is 2.24. The van der Waals surface area contributed by atoms with Gasteiger partial charge in [-0.05, 0) is 50.6 Å². The molecule has 0 N–H and O–H groups in total. The van der Waals surface area contributed by atoms with Crippen LogP contribution < -0.4 is 0 Å². The number of piperidine rings is 1. The van der Waals surface area contributed by atoms with Crippen LogP contribution >= 0.6 is 0 Å². The van der Waals surface area contributed by atoms with Crippen LogP contribution in [0.25, 0.3) is 0 Å². The van der Waals surface area contributed by atoms with E-state index in [0.29, 0.717) is 5.92 Å². The van der Waals surface area contributed by atoms with Gasteiger partial charge in [-0.3, -0.25) is 0 Å². The second kappa shape index (κ2) is 6.37. The Morgan fingerprint density at radius 2 is 2.06 bits per heavy atom. The summed E-state index contributed by atoms with van der Waals surface area (Å²) in [5, 5.41) is 9.10. The van der Waals surface area contributed by atoms with Gasteiger partial charge in [0.15, 0.2) is 0 Å². The van der Waals surface area contributed by atoms with E-state index in [1.807, 2.05) is 0 Å². The average molecular weight is 236 g/mol. The third-order valence-electron chi connectivity index (χ3n) is 4.40. The molecule has 0 bridgehead atoms. The standard InChI is InChI=1S/C14H24N2O/c1-12-2-6-16(11-14(12)10-15)7-3-13-4-8-17-9-5-13/h12-14H,2-9,11H2,1H3. The van der Waals surface area contributed by atoms with Crippen molar-refractivity contribution in [3.63, 3.8) is 0 Å². The lowest BCUT2D eigenvalue weighted by Crippen LogP contribution is -2.40. The molecular formula is C14H24N2O. The quantitative estimate of drug-likeness (QED) is 0.754. The summed E-state index contributed by atoms with van der Waals surface area (Å²) in [6.45, 7) is 7.45. The van der Waals surface area contributed by atoms with Gasteiger partial charge in [-0.1, -0.05) is 6.92 Å². The molecule has 0 saturated carbocycles. The number of hydrogen-bond donors (Lipinski definition) is 0. The summed E-state index contributed by atoms with van der Waals surface area (Å²) < 4.78 is 5.38. The monoisotopic (exact) mass is 236 g/mol. The van der Waals surface area contributed by atoms with Crippen LogP contribution in [0.1, 0.15) is 32.6 Å². The van der Waals surface area contributed by atoms with Crippen molar-refractivity contribution in [3.8, 4) is 6.07 Å². The van der Waals surface area contributed by atoms with Gasteiger partial charge in [-0.2, -0.15) is 5.26 Å². The Balaban J connectivity index is 1.70. The van der Waals surface area contributed by atoms with Crippen molar-refractivity contribution in [2.75, 3.05) is 32.8 Å². The molecule has 2 aliphatic rings. The van der Waals surface area contributed by atoms with Gasteiger partial charge < -0.3 is 9.64 Å². The second-order valence-electron chi connectivity index (χ2n) is 5.65. The molecule has 2 atom stereocenters. The van der Waals surface area contributed by atoms with Gasteiger partial charge >= 0.3 is 0 Å². The second-order valence-corrected chi connectivity index (χ2v) is 5.65. The van der Waals surface area contributed by atoms with E-state index in [9.17, 15) is 0 Å². The molecule has 2 fully saturated rings. The lowest BCUT2D eigenvalue weighted by molar-refractivity contribution is 0.0569.